The van der Waals surface area contributed by atoms with Crippen LogP contribution in [-0.2, 0) is 0 Å². The highest BCUT2D eigenvalue weighted by atomic mass is 32.1. The molecule has 0 saturated carbocycles. The zero-order chi connectivity index (χ0) is 18.6. The van der Waals surface area contributed by atoms with Crippen LogP contribution in [0.15, 0.2) is 35.1 Å². The number of aromatic nitrogens is 2. The normalized spacial score (nSPS) is 12.3. The summed E-state index contributed by atoms with van der Waals surface area (Å²) in [6.45, 7) is 5.71. The van der Waals surface area contributed by atoms with E-state index in [0.29, 0.717) is 20.6 Å². The molecule has 6 nitrogen and oxygen atoms in total. The maximum atomic E-state index is 12.9. The van der Waals surface area contributed by atoms with Crippen LogP contribution in [0.5, 0.6) is 0 Å². The van der Waals surface area contributed by atoms with Crippen LogP contribution in [0.1, 0.15) is 22.3 Å². The Morgan fingerprint density at radius 2 is 1.85 bits per heavy atom. The van der Waals surface area contributed by atoms with E-state index in [0.717, 1.165) is 22.2 Å². The molecule has 26 heavy (non-hydrogen) atoms. The van der Waals surface area contributed by atoms with Crippen LogP contribution >= 0.6 is 11.3 Å². The molecule has 0 spiro atoms. The Bertz CT molecular complexity index is 1320. The minimum absolute atomic E-state index is 0.0454. The molecular weight excluding hydrogens is 350 g/mol. The summed E-state index contributed by atoms with van der Waals surface area (Å²) in [5, 5.41) is 11.1. The maximum Gasteiger partial charge on any atom is 0.274 e. The van der Waals surface area contributed by atoms with Gasteiger partial charge in [-0.3, -0.25) is 14.9 Å². The van der Waals surface area contributed by atoms with Gasteiger partial charge in [0.1, 0.15) is 0 Å². The van der Waals surface area contributed by atoms with Crippen LogP contribution in [0, 0.1) is 30.9 Å². The summed E-state index contributed by atoms with van der Waals surface area (Å²) >= 11 is 1.29. The number of fused-ring (bicyclic) bond motifs is 3. The molecule has 2 heterocycles. The van der Waals surface area contributed by atoms with Crippen LogP contribution in [0.4, 0.5) is 5.69 Å². The molecule has 2 aromatic carbocycles. The number of benzene rings is 2. The predicted octanol–water partition coefficient (Wildman–Crippen LogP) is 3.29. The second kappa shape index (κ2) is 5.74. The van der Waals surface area contributed by atoms with Gasteiger partial charge in [-0.15, -0.1) is 0 Å². The molecule has 0 atom stereocenters. The van der Waals surface area contributed by atoms with Gasteiger partial charge in [-0.2, -0.15) is 0 Å². The minimum Gasteiger partial charge on any atom is -0.267 e. The third-order valence-corrected chi connectivity index (χ3v) is 5.55. The zero-order valence-corrected chi connectivity index (χ0v) is 15.3. The first-order chi connectivity index (χ1) is 12.3. The molecular formula is C19H15N3O3S. The summed E-state index contributed by atoms with van der Waals surface area (Å²) in [6, 6.07) is 8.91. The Hall–Kier alpha value is -3.06. The van der Waals surface area contributed by atoms with Gasteiger partial charge >= 0.3 is 0 Å². The van der Waals surface area contributed by atoms with Crippen molar-refractivity contribution in [2.24, 2.45) is 0 Å². The van der Waals surface area contributed by atoms with Gasteiger partial charge in [0.05, 0.1) is 20.5 Å². The van der Waals surface area contributed by atoms with E-state index in [2.05, 4.69) is 4.98 Å². The van der Waals surface area contributed by atoms with E-state index in [1.807, 2.05) is 26.0 Å². The molecule has 0 saturated heterocycles. The number of hydrogen-bond acceptors (Lipinski definition) is 5. The van der Waals surface area contributed by atoms with Gasteiger partial charge in [-0.1, -0.05) is 23.5 Å². The summed E-state index contributed by atoms with van der Waals surface area (Å²) in [6.07, 6.45) is 1.68. The van der Waals surface area contributed by atoms with E-state index in [1.165, 1.54) is 17.4 Å². The van der Waals surface area contributed by atoms with Crippen molar-refractivity contribution in [3.05, 3.63) is 77.6 Å². The number of nitro benzene ring substituents is 1. The van der Waals surface area contributed by atoms with E-state index >= 15 is 0 Å². The fourth-order valence-electron chi connectivity index (χ4n) is 2.98. The van der Waals surface area contributed by atoms with Crippen LogP contribution in [0.2, 0.25) is 0 Å². The van der Waals surface area contributed by atoms with Crippen molar-refractivity contribution in [3.8, 4) is 0 Å². The minimum atomic E-state index is -0.412. The summed E-state index contributed by atoms with van der Waals surface area (Å²) < 4.78 is 2.12. The monoisotopic (exact) mass is 365 g/mol. The topological polar surface area (TPSA) is 77.5 Å². The number of hydrogen-bond donors (Lipinski definition) is 0. The Kier molecular flexibility index (Phi) is 3.62. The SMILES string of the molecule is Cc1cc2nc3s/c(=C\c4ccc(C)c([N+](=O)[O-])c4)c(=O)n3c2cc1C. The number of rotatable bonds is 2. The highest BCUT2D eigenvalue weighted by molar-refractivity contribution is 7.15. The highest BCUT2D eigenvalue weighted by Gasteiger charge is 2.13. The summed E-state index contributed by atoms with van der Waals surface area (Å²) in [5.41, 5.74) is 4.93. The van der Waals surface area contributed by atoms with Crippen LogP contribution < -0.4 is 10.1 Å². The fourth-order valence-corrected chi connectivity index (χ4v) is 3.97. The third kappa shape index (κ3) is 2.48. The Balaban J connectivity index is 1.96. The molecule has 0 aliphatic carbocycles. The largest absolute Gasteiger partial charge is 0.274 e. The summed E-state index contributed by atoms with van der Waals surface area (Å²) in [4.78, 5) is 28.7. The Labute approximate surface area is 152 Å². The number of imidazole rings is 1. The molecule has 0 radical (unpaired) electrons. The molecule has 0 N–H and O–H groups in total. The van der Waals surface area contributed by atoms with Crippen LogP contribution in [0.25, 0.3) is 22.1 Å². The maximum absolute atomic E-state index is 12.9. The van der Waals surface area contributed by atoms with Gasteiger partial charge in [0, 0.05) is 11.6 Å². The molecule has 7 heteroatoms. The highest BCUT2D eigenvalue weighted by Crippen LogP contribution is 2.22. The Morgan fingerprint density at radius 3 is 2.58 bits per heavy atom. The second-order valence-electron chi connectivity index (χ2n) is 6.37. The van der Waals surface area contributed by atoms with Crippen LogP contribution in [0.3, 0.4) is 0 Å². The van der Waals surface area contributed by atoms with Gasteiger partial charge in [-0.05, 0) is 55.7 Å². The first-order valence-electron chi connectivity index (χ1n) is 8.04. The molecule has 0 fully saturated rings. The lowest BCUT2D eigenvalue weighted by atomic mass is 10.1. The first kappa shape index (κ1) is 16.4. The molecule has 2 aromatic heterocycles. The lowest BCUT2D eigenvalue weighted by molar-refractivity contribution is -0.385. The van der Waals surface area contributed by atoms with Gasteiger partial charge in [-0.25, -0.2) is 9.38 Å². The summed E-state index contributed by atoms with van der Waals surface area (Å²) in [7, 11) is 0. The number of nitrogens with zero attached hydrogens (tertiary/aromatic N) is 3. The van der Waals surface area contributed by atoms with Crippen molar-refractivity contribution in [3.63, 3.8) is 0 Å². The van der Waals surface area contributed by atoms with Gasteiger partial charge in [0.2, 0.25) is 0 Å². The molecule has 130 valence electrons. The lowest BCUT2D eigenvalue weighted by Crippen LogP contribution is -2.22. The van der Waals surface area contributed by atoms with Crippen molar-refractivity contribution in [2.45, 2.75) is 20.8 Å². The van der Waals surface area contributed by atoms with E-state index < -0.39 is 4.92 Å². The quantitative estimate of drug-likeness (QED) is 0.403. The van der Waals surface area contributed by atoms with Crippen molar-refractivity contribution in [1.82, 2.24) is 9.38 Å². The third-order valence-electron chi connectivity index (χ3n) is 4.58. The van der Waals surface area contributed by atoms with Crippen LogP contribution in [-0.4, -0.2) is 14.3 Å². The van der Waals surface area contributed by atoms with E-state index in [9.17, 15) is 14.9 Å². The average molecular weight is 365 g/mol. The second-order valence-corrected chi connectivity index (χ2v) is 7.38. The average Bonchev–Trinajstić information content (AvgIpc) is 3.06. The molecule has 4 aromatic rings. The molecule has 0 unspecified atom stereocenters. The van der Waals surface area contributed by atoms with Gasteiger partial charge < -0.3 is 0 Å². The van der Waals surface area contributed by atoms with Crippen molar-refractivity contribution in [2.75, 3.05) is 0 Å². The smallest absolute Gasteiger partial charge is 0.267 e. The first-order valence-corrected chi connectivity index (χ1v) is 8.86. The zero-order valence-electron chi connectivity index (χ0n) is 14.4. The molecule has 0 aliphatic heterocycles. The van der Waals surface area contributed by atoms with Gasteiger partial charge in [0.15, 0.2) is 4.96 Å². The number of aryl methyl sites for hydroxylation is 3. The van der Waals surface area contributed by atoms with Crippen molar-refractivity contribution < 1.29 is 4.92 Å². The van der Waals surface area contributed by atoms with E-state index in [-0.39, 0.29) is 11.2 Å². The molecule has 0 bridgehead atoms. The van der Waals surface area contributed by atoms with E-state index in [1.54, 1.807) is 29.5 Å². The molecule has 4 rings (SSSR count). The fraction of sp³-hybridized carbons (Fsp3) is 0.158. The van der Waals surface area contributed by atoms with Crippen molar-refractivity contribution >= 4 is 39.1 Å². The predicted molar refractivity (Wildman–Crippen MR) is 103 cm³/mol. The lowest BCUT2D eigenvalue weighted by Gasteiger charge is -1.98. The van der Waals surface area contributed by atoms with Crippen molar-refractivity contribution in [1.29, 1.82) is 0 Å². The number of nitro groups is 1. The van der Waals surface area contributed by atoms with Gasteiger partial charge in [0.25, 0.3) is 11.2 Å². The van der Waals surface area contributed by atoms with E-state index in [4.69, 9.17) is 0 Å². The Morgan fingerprint density at radius 1 is 1.12 bits per heavy atom. The summed E-state index contributed by atoms with van der Waals surface area (Å²) in [5.74, 6) is 0. The standard InChI is InChI=1S/C19H15N3O3S/c1-10-4-5-13(8-15(10)22(24)25)9-17-18(23)21-16-7-12(3)11(2)6-14(16)20-19(21)26-17/h4-9H,1-3H3/b17-9-. The number of thiazole rings is 1. The molecule has 0 amide bonds. The molecule has 0 aliphatic rings.